The van der Waals surface area contributed by atoms with Crippen LogP contribution in [0.15, 0.2) is 12.4 Å². The predicted octanol–water partition coefficient (Wildman–Crippen LogP) is 1.95. The highest BCUT2D eigenvalue weighted by atomic mass is 35.5. The van der Waals surface area contributed by atoms with Crippen molar-refractivity contribution in [3.63, 3.8) is 0 Å². The maximum Gasteiger partial charge on any atom is 0.171 e. The van der Waals surface area contributed by atoms with E-state index in [1.54, 1.807) is 6.20 Å². The van der Waals surface area contributed by atoms with E-state index >= 15 is 0 Å². The lowest BCUT2D eigenvalue weighted by molar-refractivity contribution is 0.735. The molecule has 0 spiro atoms. The highest BCUT2D eigenvalue weighted by molar-refractivity contribution is 6.31. The van der Waals surface area contributed by atoms with Gasteiger partial charge in [-0.15, -0.1) is 6.42 Å². The fourth-order valence-corrected chi connectivity index (χ4v) is 0.889. The highest BCUT2D eigenvalue weighted by Crippen LogP contribution is 2.18. The summed E-state index contributed by atoms with van der Waals surface area (Å²) in [6.45, 7) is 3.72. The largest absolute Gasteiger partial charge is 0.352 e. The average molecular weight is 196 g/mol. The number of hydrogen-bond acceptors (Lipinski definition) is 3. The van der Waals surface area contributed by atoms with Gasteiger partial charge in [-0.2, -0.15) is 0 Å². The lowest BCUT2D eigenvalue weighted by Crippen LogP contribution is -2.29. The summed E-state index contributed by atoms with van der Waals surface area (Å²) < 4.78 is 0. The van der Waals surface area contributed by atoms with E-state index in [1.165, 1.54) is 6.20 Å². The van der Waals surface area contributed by atoms with Crippen molar-refractivity contribution in [1.82, 2.24) is 9.97 Å². The first-order valence-electron chi connectivity index (χ1n) is 3.77. The summed E-state index contributed by atoms with van der Waals surface area (Å²) >= 11 is 5.78. The molecule has 0 aliphatic heterocycles. The van der Waals surface area contributed by atoms with Crippen molar-refractivity contribution >= 4 is 17.4 Å². The Balaban J connectivity index is 2.88. The van der Waals surface area contributed by atoms with E-state index in [0.717, 1.165) is 0 Å². The van der Waals surface area contributed by atoms with Gasteiger partial charge in [0.2, 0.25) is 0 Å². The van der Waals surface area contributed by atoms with Gasteiger partial charge in [-0.05, 0) is 13.8 Å². The minimum absolute atomic E-state index is 0.325. The Morgan fingerprint density at radius 3 is 2.62 bits per heavy atom. The van der Waals surface area contributed by atoms with Crippen LogP contribution >= 0.6 is 11.6 Å². The van der Waals surface area contributed by atoms with E-state index in [-0.39, 0.29) is 0 Å². The van der Waals surface area contributed by atoms with Crippen LogP contribution in [-0.2, 0) is 0 Å². The molecule has 13 heavy (non-hydrogen) atoms. The van der Waals surface area contributed by atoms with Crippen LogP contribution in [0, 0.1) is 12.3 Å². The summed E-state index contributed by atoms with van der Waals surface area (Å²) in [4.78, 5) is 7.88. The Kier molecular flexibility index (Phi) is 2.74. The second-order valence-corrected chi connectivity index (χ2v) is 3.45. The van der Waals surface area contributed by atoms with Crippen LogP contribution in [0.25, 0.3) is 0 Å². The third kappa shape index (κ3) is 2.60. The third-order valence-corrected chi connectivity index (χ3v) is 1.72. The number of nitrogens with zero attached hydrogens (tertiary/aromatic N) is 2. The third-order valence-electron chi connectivity index (χ3n) is 1.45. The summed E-state index contributed by atoms with van der Waals surface area (Å²) in [5.74, 6) is 3.09. The molecule has 0 saturated heterocycles. The van der Waals surface area contributed by atoms with Crippen molar-refractivity contribution in [2.45, 2.75) is 19.4 Å². The molecule has 0 aliphatic rings. The number of halogens is 1. The van der Waals surface area contributed by atoms with E-state index in [9.17, 15) is 0 Å². The van der Waals surface area contributed by atoms with E-state index in [0.29, 0.717) is 11.0 Å². The second kappa shape index (κ2) is 3.63. The first-order valence-corrected chi connectivity index (χ1v) is 4.15. The zero-order chi connectivity index (χ0) is 9.90. The van der Waals surface area contributed by atoms with E-state index in [4.69, 9.17) is 18.0 Å². The maximum absolute atomic E-state index is 5.78. The molecule has 68 valence electrons. The SMILES string of the molecule is C#CC(C)(C)Nc1nccnc1Cl. The number of terminal acetylenes is 1. The molecule has 4 heteroatoms. The molecule has 0 fully saturated rings. The molecular weight excluding hydrogens is 186 g/mol. The standard InChI is InChI=1S/C9H10ClN3/c1-4-9(2,3)13-8-7(10)11-5-6-12-8/h1,5-6H,2-3H3,(H,12,13). The molecule has 0 unspecified atom stereocenters. The van der Waals surface area contributed by atoms with Crippen molar-refractivity contribution < 1.29 is 0 Å². The Hall–Kier alpha value is -1.27. The van der Waals surface area contributed by atoms with Crippen LogP contribution < -0.4 is 5.32 Å². The minimum atomic E-state index is -0.473. The molecule has 0 aromatic carbocycles. The number of rotatable bonds is 2. The predicted molar refractivity (Wildman–Crippen MR) is 53.6 cm³/mol. The molecule has 1 N–H and O–H groups in total. The maximum atomic E-state index is 5.78. The number of aromatic nitrogens is 2. The molecule has 1 heterocycles. The van der Waals surface area contributed by atoms with E-state index in [1.807, 2.05) is 13.8 Å². The molecule has 3 nitrogen and oxygen atoms in total. The molecule has 0 radical (unpaired) electrons. The Morgan fingerprint density at radius 1 is 1.46 bits per heavy atom. The molecular formula is C9H10ClN3. The van der Waals surface area contributed by atoms with Gasteiger partial charge in [0, 0.05) is 12.4 Å². The molecule has 0 bridgehead atoms. The van der Waals surface area contributed by atoms with Crippen LogP contribution in [0.3, 0.4) is 0 Å². The van der Waals surface area contributed by atoms with Gasteiger partial charge in [-0.1, -0.05) is 17.5 Å². The van der Waals surface area contributed by atoms with Crippen molar-refractivity contribution in [2.24, 2.45) is 0 Å². The van der Waals surface area contributed by atoms with Crippen LogP contribution in [-0.4, -0.2) is 15.5 Å². The number of hydrogen-bond donors (Lipinski definition) is 1. The van der Waals surface area contributed by atoms with Gasteiger partial charge >= 0.3 is 0 Å². The summed E-state index contributed by atoms with van der Waals surface area (Å²) in [5, 5.41) is 3.32. The fraction of sp³-hybridized carbons (Fsp3) is 0.333. The number of anilines is 1. The quantitative estimate of drug-likeness (QED) is 0.734. The first-order chi connectivity index (χ1) is 6.05. The first kappa shape index (κ1) is 9.82. The van der Waals surface area contributed by atoms with Gasteiger partial charge in [0.25, 0.3) is 0 Å². The van der Waals surface area contributed by atoms with Crippen molar-refractivity contribution in [3.8, 4) is 12.3 Å². The molecule has 0 aliphatic carbocycles. The summed E-state index contributed by atoms with van der Waals surface area (Å²) in [5.41, 5.74) is -0.473. The van der Waals surface area contributed by atoms with Crippen LogP contribution in [0.2, 0.25) is 5.15 Å². The molecule has 1 aromatic heterocycles. The Bertz CT molecular complexity index is 341. The van der Waals surface area contributed by atoms with Crippen LogP contribution in [0.4, 0.5) is 5.82 Å². The highest BCUT2D eigenvalue weighted by Gasteiger charge is 2.15. The monoisotopic (exact) mass is 195 g/mol. The normalized spacial score (nSPS) is 10.6. The smallest absolute Gasteiger partial charge is 0.171 e. The van der Waals surface area contributed by atoms with Crippen LogP contribution in [0.1, 0.15) is 13.8 Å². The minimum Gasteiger partial charge on any atom is -0.352 e. The zero-order valence-corrected chi connectivity index (χ0v) is 8.26. The van der Waals surface area contributed by atoms with Crippen LogP contribution in [0.5, 0.6) is 0 Å². The van der Waals surface area contributed by atoms with Crippen molar-refractivity contribution in [1.29, 1.82) is 0 Å². The van der Waals surface area contributed by atoms with Gasteiger partial charge in [0.1, 0.15) is 0 Å². The van der Waals surface area contributed by atoms with Gasteiger partial charge in [0.15, 0.2) is 11.0 Å². The number of nitrogens with one attached hydrogen (secondary N) is 1. The van der Waals surface area contributed by atoms with E-state index in [2.05, 4.69) is 21.2 Å². The second-order valence-electron chi connectivity index (χ2n) is 3.09. The Morgan fingerprint density at radius 2 is 2.08 bits per heavy atom. The Labute approximate surface area is 82.5 Å². The van der Waals surface area contributed by atoms with Gasteiger partial charge in [-0.25, -0.2) is 9.97 Å². The van der Waals surface area contributed by atoms with Gasteiger partial charge in [0.05, 0.1) is 5.54 Å². The molecule has 0 atom stereocenters. The zero-order valence-electron chi connectivity index (χ0n) is 7.50. The van der Waals surface area contributed by atoms with E-state index < -0.39 is 5.54 Å². The molecule has 0 saturated carbocycles. The van der Waals surface area contributed by atoms with Gasteiger partial charge in [-0.3, -0.25) is 0 Å². The lowest BCUT2D eigenvalue weighted by atomic mass is 10.1. The summed E-state index contributed by atoms with van der Waals surface area (Å²) in [7, 11) is 0. The molecule has 1 rings (SSSR count). The fourth-order valence-electron chi connectivity index (χ4n) is 0.737. The van der Waals surface area contributed by atoms with Crippen molar-refractivity contribution in [3.05, 3.63) is 17.5 Å². The topological polar surface area (TPSA) is 37.8 Å². The summed E-state index contributed by atoms with van der Waals surface area (Å²) in [6, 6.07) is 0. The molecule has 0 amide bonds. The molecule has 1 aromatic rings. The average Bonchev–Trinajstić information content (AvgIpc) is 2.09. The van der Waals surface area contributed by atoms with Crippen molar-refractivity contribution in [2.75, 3.05) is 5.32 Å². The lowest BCUT2D eigenvalue weighted by Gasteiger charge is -2.20. The van der Waals surface area contributed by atoms with Gasteiger partial charge < -0.3 is 5.32 Å². The summed E-state index contributed by atoms with van der Waals surface area (Å²) in [6.07, 6.45) is 8.38.